The van der Waals surface area contributed by atoms with Crippen LogP contribution in [-0.4, -0.2) is 6.61 Å². The summed E-state index contributed by atoms with van der Waals surface area (Å²) in [5, 5.41) is 0. The lowest BCUT2D eigenvalue weighted by molar-refractivity contribution is 0.321. The van der Waals surface area contributed by atoms with Gasteiger partial charge in [0.1, 0.15) is 5.75 Å². The van der Waals surface area contributed by atoms with Crippen molar-refractivity contribution in [2.24, 2.45) is 5.73 Å². The second-order valence-corrected chi connectivity index (χ2v) is 3.24. The van der Waals surface area contributed by atoms with Gasteiger partial charge in [-0.05, 0) is 19.4 Å². The minimum Gasteiger partial charge on any atom is -0.493 e. The maximum absolute atomic E-state index is 5.62. The molecule has 0 heterocycles. The van der Waals surface area contributed by atoms with E-state index in [-0.39, 0.29) is 0 Å². The van der Waals surface area contributed by atoms with Crippen LogP contribution in [0.3, 0.4) is 0 Å². The molecule has 1 aromatic carbocycles. The Balaban J connectivity index is 2.69. The van der Waals surface area contributed by atoms with Crippen molar-refractivity contribution >= 4 is 0 Å². The zero-order valence-corrected chi connectivity index (χ0v) is 8.62. The summed E-state index contributed by atoms with van der Waals surface area (Å²) in [7, 11) is 0. The van der Waals surface area contributed by atoms with Crippen LogP contribution in [0.1, 0.15) is 17.5 Å². The Morgan fingerprint density at radius 1 is 1.50 bits per heavy atom. The first kappa shape index (κ1) is 10.8. The Morgan fingerprint density at radius 2 is 2.29 bits per heavy atom. The summed E-state index contributed by atoms with van der Waals surface area (Å²) in [6.07, 6.45) is 2.70. The molecule has 0 bridgehead atoms. The van der Waals surface area contributed by atoms with Crippen molar-refractivity contribution in [1.82, 2.24) is 0 Å². The van der Waals surface area contributed by atoms with Gasteiger partial charge in [0.2, 0.25) is 0 Å². The first-order valence-electron chi connectivity index (χ1n) is 4.81. The minimum absolute atomic E-state index is 0.519. The average molecular weight is 191 g/mol. The fourth-order valence-corrected chi connectivity index (χ4v) is 1.26. The number of rotatable bonds is 5. The van der Waals surface area contributed by atoms with E-state index in [9.17, 15) is 0 Å². The van der Waals surface area contributed by atoms with Crippen LogP contribution in [0.15, 0.2) is 30.9 Å². The van der Waals surface area contributed by atoms with E-state index in [2.05, 4.69) is 12.6 Å². The van der Waals surface area contributed by atoms with Crippen molar-refractivity contribution in [3.63, 3.8) is 0 Å². The van der Waals surface area contributed by atoms with Crippen molar-refractivity contribution in [3.05, 3.63) is 42.0 Å². The lowest BCUT2D eigenvalue weighted by atomic mass is 10.1. The Bertz CT molecular complexity index is 307. The van der Waals surface area contributed by atoms with E-state index in [0.717, 1.165) is 17.7 Å². The number of nitrogens with two attached hydrogens (primary N) is 1. The third-order valence-electron chi connectivity index (χ3n) is 2.02. The molecule has 0 saturated heterocycles. The normalized spacial score (nSPS) is 9.86. The second kappa shape index (κ2) is 5.45. The van der Waals surface area contributed by atoms with E-state index in [0.29, 0.717) is 13.2 Å². The lowest BCUT2D eigenvalue weighted by Gasteiger charge is -2.10. The number of benzene rings is 1. The summed E-state index contributed by atoms with van der Waals surface area (Å²) in [6.45, 7) is 6.88. The molecule has 0 aliphatic carbocycles. The van der Waals surface area contributed by atoms with Crippen LogP contribution in [0.25, 0.3) is 0 Å². The summed E-state index contributed by atoms with van der Waals surface area (Å²) in [5.41, 5.74) is 7.90. The Morgan fingerprint density at radius 3 is 2.93 bits per heavy atom. The molecule has 0 amide bonds. The first-order valence-corrected chi connectivity index (χ1v) is 4.81. The first-order chi connectivity index (χ1) is 6.77. The molecule has 0 aliphatic rings. The molecular weight excluding hydrogens is 174 g/mol. The van der Waals surface area contributed by atoms with Crippen molar-refractivity contribution < 1.29 is 4.74 Å². The zero-order valence-electron chi connectivity index (χ0n) is 8.62. The molecule has 0 spiro atoms. The molecular formula is C12H17NO. The van der Waals surface area contributed by atoms with Gasteiger partial charge in [-0.3, -0.25) is 0 Å². The second-order valence-electron chi connectivity index (χ2n) is 3.24. The van der Waals surface area contributed by atoms with Gasteiger partial charge in [0.05, 0.1) is 6.61 Å². The summed E-state index contributed by atoms with van der Waals surface area (Å²) >= 11 is 0. The third kappa shape index (κ3) is 2.89. The Labute approximate surface area is 85.4 Å². The molecule has 1 aromatic rings. The highest BCUT2D eigenvalue weighted by Crippen LogP contribution is 2.19. The third-order valence-corrected chi connectivity index (χ3v) is 2.02. The molecule has 76 valence electrons. The van der Waals surface area contributed by atoms with Crippen molar-refractivity contribution in [2.75, 3.05) is 6.61 Å². The van der Waals surface area contributed by atoms with Crippen LogP contribution < -0.4 is 10.5 Å². The van der Waals surface area contributed by atoms with Crippen molar-refractivity contribution in [2.45, 2.75) is 19.9 Å². The van der Waals surface area contributed by atoms with E-state index < -0.39 is 0 Å². The predicted octanol–water partition coefficient (Wildman–Crippen LogP) is 2.41. The number of ether oxygens (including phenoxy) is 1. The van der Waals surface area contributed by atoms with E-state index in [4.69, 9.17) is 10.5 Å². The van der Waals surface area contributed by atoms with Gasteiger partial charge in [-0.15, -0.1) is 6.58 Å². The maximum atomic E-state index is 5.62. The van der Waals surface area contributed by atoms with Crippen molar-refractivity contribution in [1.29, 1.82) is 0 Å². The van der Waals surface area contributed by atoms with Gasteiger partial charge < -0.3 is 10.5 Å². The molecule has 0 atom stereocenters. The minimum atomic E-state index is 0.519. The molecule has 0 aliphatic heterocycles. The van der Waals surface area contributed by atoms with Crippen LogP contribution >= 0.6 is 0 Å². The standard InChI is InChI=1S/C12H17NO/c1-3-4-7-14-12-6-5-10(2)8-11(12)9-13/h3,5-6,8H,1,4,7,9,13H2,2H3. The largest absolute Gasteiger partial charge is 0.493 e. The van der Waals surface area contributed by atoms with Crippen LogP contribution in [0.4, 0.5) is 0 Å². The quantitative estimate of drug-likeness (QED) is 0.573. The van der Waals surface area contributed by atoms with Gasteiger partial charge in [-0.25, -0.2) is 0 Å². The van der Waals surface area contributed by atoms with E-state index in [1.807, 2.05) is 25.1 Å². The maximum Gasteiger partial charge on any atom is 0.123 e. The highest BCUT2D eigenvalue weighted by Gasteiger charge is 2.01. The highest BCUT2D eigenvalue weighted by molar-refractivity contribution is 5.36. The SMILES string of the molecule is C=CCCOc1ccc(C)cc1CN. The molecule has 1 rings (SSSR count). The Kier molecular flexibility index (Phi) is 4.20. The fraction of sp³-hybridized carbons (Fsp3) is 0.333. The summed E-state index contributed by atoms with van der Waals surface area (Å²) in [4.78, 5) is 0. The van der Waals surface area contributed by atoms with Gasteiger partial charge in [0.15, 0.2) is 0 Å². The Hall–Kier alpha value is -1.28. The summed E-state index contributed by atoms with van der Waals surface area (Å²) in [5.74, 6) is 0.889. The molecule has 2 heteroatoms. The topological polar surface area (TPSA) is 35.2 Å². The molecule has 2 N–H and O–H groups in total. The molecule has 0 fully saturated rings. The number of hydrogen-bond acceptors (Lipinski definition) is 2. The van der Waals surface area contributed by atoms with Gasteiger partial charge in [0, 0.05) is 12.1 Å². The smallest absolute Gasteiger partial charge is 0.123 e. The predicted molar refractivity (Wildman–Crippen MR) is 59.4 cm³/mol. The highest BCUT2D eigenvalue weighted by atomic mass is 16.5. The fourth-order valence-electron chi connectivity index (χ4n) is 1.26. The van der Waals surface area contributed by atoms with Gasteiger partial charge in [-0.2, -0.15) is 0 Å². The number of hydrogen-bond donors (Lipinski definition) is 1. The van der Waals surface area contributed by atoms with Crippen LogP contribution in [0.2, 0.25) is 0 Å². The van der Waals surface area contributed by atoms with E-state index in [1.165, 1.54) is 5.56 Å². The molecule has 0 saturated carbocycles. The van der Waals surface area contributed by atoms with Gasteiger partial charge >= 0.3 is 0 Å². The summed E-state index contributed by atoms with van der Waals surface area (Å²) in [6, 6.07) is 6.06. The molecule has 0 radical (unpaired) electrons. The van der Waals surface area contributed by atoms with E-state index >= 15 is 0 Å². The monoisotopic (exact) mass is 191 g/mol. The molecule has 14 heavy (non-hydrogen) atoms. The molecule has 0 unspecified atom stereocenters. The molecule has 0 aromatic heterocycles. The van der Waals surface area contributed by atoms with Gasteiger partial charge in [0.25, 0.3) is 0 Å². The summed E-state index contributed by atoms with van der Waals surface area (Å²) < 4.78 is 5.57. The number of aryl methyl sites for hydroxylation is 1. The van der Waals surface area contributed by atoms with Crippen LogP contribution in [0.5, 0.6) is 5.75 Å². The zero-order chi connectivity index (χ0) is 10.4. The van der Waals surface area contributed by atoms with Crippen molar-refractivity contribution in [3.8, 4) is 5.75 Å². The van der Waals surface area contributed by atoms with Gasteiger partial charge in [-0.1, -0.05) is 23.8 Å². The van der Waals surface area contributed by atoms with Crippen LogP contribution in [-0.2, 0) is 6.54 Å². The average Bonchev–Trinajstić information content (AvgIpc) is 2.20. The molecule has 2 nitrogen and oxygen atoms in total. The van der Waals surface area contributed by atoms with E-state index in [1.54, 1.807) is 0 Å². The van der Waals surface area contributed by atoms with Crippen LogP contribution in [0, 0.1) is 6.92 Å². The lowest BCUT2D eigenvalue weighted by Crippen LogP contribution is -2.03.